The van der Waals surface area contributed by atoms with Gasteiger partial charge < -0.3 is 9.47 Å². The lowest BCUT2D eigenvalue weighted by Gasteiger charge is -2.11. The Morgan fingerprint density at radius 1 is 0.971 bits per heavy atom. The maximum atomic E-state index is 13.9. The molecule has 0 aliphatic rings. The van der Waals surface area contributed by atoms with Crippen molar-refractivity contribution in [2.75, 3.05) is 12.9 Å². The molecule has 4 aromatic rings. The lowest BCUT2D eigenvalue weighted by atomic mass is 10.2. The molecule has 0 atom stereocenters. The molecule has 35 heavy (non-hydrogen) atoms. The Morgan fingerprint density at radius 2 is 1.69 bits per heavy atom. The molecule has 0 aliphatic carbocycles. The Bertz CT molecular complexity index is 1310. The van der Waals surface area contributed by atoms with E-state index in [0.717, 1.165) is 17.4 Å². The zero-order valence-corrected chi connectivity index (χ0v) is 19.5. The van der Waals surface area contributed by atoms with Gasteiger partial charge in [-0.05, 0) is 48.5 Å². The third-order valence-corrected chi connectivity index (χ3v) is 5.77. The predicted octanol–water partition coefficient (Wildman–Crippen LogP) is 4.04. The SMILES string of the molecule is COc1ccc(C(=O)NC(=O)CSc2nnc(COc3ccccc3F)n2-c2ccccc2)cc1. The fourth-order valence-electron chi connectivity index (χ4n) is 3.14. The van der Waals surface area contributed by atoms with Gasteiger partial charge in [-0.2, -0.15) is 0 Å². The molecule has 0 fully saturated rings. The van der Waals surface area contributed by atoms with Crippen LogP contribution in [0.2, 0.25) is 0 Å². The fraction of sp³-hybridized carbons (Fsp3) is 0.120. The van der Waals surface area contributed by atoms with Gasteiger partial charge in [0, 0.05) is 11.3 Å². The van der Waals surface area contributed by atoms with Gasteiger partial charge in [-0.15, -0.1) is 10.2 Å². The summed E-state index contributed by atoms with van der Waals surface area (Å²) in [4.78, 5) is 24.8. The van der Waals surface area contributed by atoms with Gasteiger partial charge in [-0.1, -0.05) is 42.1 Å². The summed E-state index contributed by atoms with van der Waals surface area (Å²) >= 11 is 1.11. The molecule has 0 spiro atoms. The largest absolute Gasteiger partial charge is 0.497 e. The van der Waals surface area contributed by atoms with E-state index in [1.807, 2.05) is 30.3 Å². The van der Waals surface area contributed by atoms with Crippen LogP contribution < -0.4 is 14.8 Å². The first-order valence-electron chi connectivity index (χ1n) is 10.5. The van der Waals surface area contributed by atoms with Crippen LogP contribution in [0.15, 0.2) is 84.0 Å². The van der Waals surface area contributed by atoms with Gasteiger partial charge >= 0.3 is 0 Å². The van der Waals surface area contributed by atoms with Crippen molar-refractivity contribution in [2.24, 2.45) is 0 Å². The molecule has 8 nitrogen and oxygen atoms in total. The molecule has 0 unspecified atom stereocenters. The van der Waals surface area contributed by atoms with Gasteiger partial charge in [0.2, 0.25) is 5.91 Å². The minimum absolute atomic E-state index is 0.0362. The van der Waals surface area contributed by atoms with Crippen molar-refractivity contribution in [3.63, 3.8) is 0 Å². The van der Waals surface area contributed by atoms with E-state index in [1.165, 1.54) is 19.2 Å². The number of halogens is 1. The van der Waals surface area contributed by atoms with Gasteiger partial charge in [0.05, 0.1) is 12.9 Å². The highest BCUT2D eigenvalue weighted by Gasteiger charge is 2.18. The number of imide groups is 1. The van der Waals surface area contributed by atoms with Crippen molar-refractivity contribution in [1.29, 1.82) is 0 Å². The van der Waals surface area contributed by atoms with Gasteiger partial charge in [0.15, 0.2) is 22.5 Å². The van der Waals surface area contributed by atoms with Crippen molar-refractivity contribution in [3.8, 4) is 17.2 Å². The number of carbonyl (C=O) groups excluding carboxylic acids is 2. The topological polar surface area (TPSA) is 95.3 Å². The van der Waals surface area contributed by atoms with Crippen LogP contribution in [0.1, 0.15) is 16.2 Å². The maximum absolute atomic E-state index is 13.9. The molecule has 178 valence electrons. The monoisotopic (exact) mass is 492 g/mol. The number of hydrogen-bond donors (Lipinski definition) is 1. The molecular formula is C25H21FN4O4S. The number of thioether (sulfide) groups is 1. The molecule has 0 radical (unpaired) electrons. The van der Waals surface area contributed by atoms with E-state index in [4.69, 9.17) is 9.47 Å². The van der Waals surface area contributed by atoms with E-state index in [1.54, 1.807) is 41.0 Å². The van der Waals surface area contributed by atoms with E-state index >= 15 is 0 Å². The second kappa shape index (κ2) is 11.3. The van der Waals surface area contributed by atoms with Crippen LogP contribution in [0, 0.1) is 5.82 Å². The van der Waals surface area contributed by atoms with Gasteiger partial charge in [0.25, 0.3) is 5.91 Å². The lowest BCUT2D eigenvalue weighted by molar-refractivity contribution is -0.117. The Labute approximate surface area is 205 Å². The zero-order chi connectivity index (χ0) is 24.6. The molecule has 1 N–H and O–H groups in total. The number of amides is 2. The second-order valence-electron chi connectivity index (χ2n) is 7.18. The number of nitrogens with zero attached hydrogens (tertiary/aromatic N) is 3. The maximum Gasteiger partial charge on any atom is 0.257 e. The molecule has 0 saturated heterocycles. The first-order valence-corrected chi connectivity index (χ1v) is 11.5. The summed E-state index contributed by atoms with van der Waals surface area (Å²) in [5, 5.41) is 11.1. The van der Waals surface area contributed by atoms with E-state index in [2.05, 4.69) is 15.5 Å². The molecule has 1 aromatic heterocycles. The number of para-hydroxylation sites is 2. The molecule has 0 aliphatic heterocycles. The Hall–Kier alpha value is -4.18. The smallest absolute Gasteiger partial charge is 0.257 e. The average molecular weight is 493 g/mol. The quantitative estimate of drug-likeness (QED) is 0.352. The first-order chi connectivity index (χ1) is 17.0. The fourth-order valence-corrected chi connectivity index (χ4v) is 3.91. The second-order valence-corrected chi connectivity index (χ2v) is 8.13. The lowest BCUT2D eigenvalue weighted by Crippen LogP contribution is -2.31. The van der Waals surface area contributed by atoms with E-state index < -0.39 is 17.6 Å². The minimum atomic E-state index is -0.512. The number of carbonyl (C=O) groups is 2. The standard InChI is InChI=1S/C25H21FN4O4S/c1-33-19-13-11-17(12-14-19)24(32)27-23(31)16-35-25-29-28-22(30(25)18-7-3-2-4-8-18)15-34-21-10-6-5-9-20(21)26/h2-14H,15-16H2,1H3,(H,27,31,32). The van der Waals surface area contributed by atoms with Crippen molar-refractivity contribution >= 4 is 23.6 Å². The summed E-state index contributed by atoms with van der Waals surface area (Å²) in [6.45, 7) is -0.0362. The molecule has 2 amide bonds. The zero-order valence-electron chi connectivity index (χ0n) is 18.7. The summed E-state index contributed by atoms with van der Waals surface area (Å²) in [5.74, 6) is -0.410. The molecule has 0 bridgehead atoms. The third kappa shape index (κ3) is 6.04. The number of ether oxygens (including phenoxy) is 2. The minimum Gasteiger partial charge on any atom is -0.497 e. The van der Waals surface area contributed by atoms with Crippen molar-refractivity contribution in [3.05, 3.63) is 96.1 Å². The number of hydrogen-bond acceptors (Lipinski definition) is 7. The molecular weight excluding hydrogens is 471 g/mol. The summed E-state index contributed by atoms with van der Waals surface area (Å²) in [5.41, 5.74) is 1.09. The highest BCUT2D eigenvalue weighted by molar-refractivity contribution is 7.99. The summed E-state index contributed by atoms with van der Waals surface area (Å²) < 4.78 is 26.3. The molecule has 0 saturated carbocycles. The number of benzene rings is 3. The molecule has 10 heteroatoms. The highest BCUT2D eigenvalue weighted by atomic mass is 32.2. The van der Waals surface area contributed by atoms with Crippen molar-refractivity contribution in [1.82, 2.24) is 20.1 Å². The number of rotatable bonds is 9. The van der Waals surface area contributed by atoms with E-state index in [9.17, 15) is 14.0 Å². The van der Waals surface area contributed by atoms with Gasteiger partial charge in [-0.25, -0.2) is 4.39 Å². The first kappa shape index (κ1) is 24.0. The van der Waals surface area contributed by atoms with E-state index in [-0.39, 0.29) is 18.1 Å². The Morgan fingerprint density at radius 3 is 2.40 bits per heavy atom. The normalized spacial score (nSPS) is 10.6. The molecule has 3 aromatic carbocycles. The Balaban J connectivity index is 1.45. The van der Waals surface area contributed by atoms with Gasteiger partial charge in [-0.3, -0.25) is 19.5 Å². The van der Waals surface area contributed by atoms with Crippen molar-refractivity contribution in [2.45, 2.75) is 11.8 Å². The number of methoxy groups -OCH3 is 1. The number of nitrogens with one attached hydrogen (secondary N) is 1. The average Bonchev–Trinajstić information content (AvgIpc) is 3.30. The van der Waals surface area contributed by atoms with Crippen LogP contribution in [-0.4, -0.2) is 39.4 Å². The van der Waals surface area contributed by atoms with Crippen molar-refractivity contribution < 1.29 is 23.5 Å². The summed E-state index contributed by atoms with van der Waals surface area (Å²) in [7, 11) is 1.53. The van der Waals surface area contributed by atoms with Crippen LogP contribution >= 0.6 is 11.8 Å². The third-order valence-electron chi connectivity index (χ3n) is 4.85. The summed E-state index contributed by atoms with van der Waals surface area (Å²) in [6, 6.07) is 21.8. The van der Waals surface area contributed by atoms with Crippen LogP contribution in [0.25, 0.3) is 5.69 Å². The summed E-state index contributed by atoms with van der Waals surface area (Å²) in [6.07, 6.45) is 0. The van der Waals surface area contributed by atoms with Crippen LogP contribution in [-0.2, 0) is 11.4 Å². The van der Waals surface area contributed by atoms with Crippen LogP contribution in [0.4, 0.5) is 4.39 Å². The number of aromatic nitrogens is 3. The molecule has 1 heterocycles. The predicted molar refractivity (Wildman–Crippen MR) is 128 cm³/mol. The van der Waals surface area contributed by atoms with Crippen LogP contribution in [0.3, 0.4) is 0 Å². The molecule has 4 rings (SSSR count). The Kier molecular flexibility index (Phi) is 7.74. The van der Waals surface area contributed by atoms with E-state index in [0.29, 0.717) is 22.3 Å². The highest BCUT2D eigenvalue weighted by Crippen LogP contribution is 2.24. The van der Waals surface area contributed by atoms with Gasteiger partial charge in [0.1, 0.15) is 12.4 Å². The van der Waals surface area contributed by atoms with Crippen LogP contribution in [0.5, 0.6) is 11.5 Å².